The van der Waals surface area contributed by atoms with Gasteiger partial charge >= 0.3 is 0 Å². The van der Waals surface area contributed by atoms with Gasteiger partial charge in [0.2, 0.25) is 0 Å². The summed E-state index contributed by atoms with van der Waals surface area (Å²) in [6.45, 7) is 3.75. The molecule has 1 rings (SSSR count). The third-order valence-electron chi connectivity index (χ3n) is 2.25. The summed E-state index contributed by atoms with van der Waals surface area (Å²) < 4.78 is 0. The third kappa shape index (κ3) is 1.64. The molecule has 1 unspecified atom stereocenters. The highest BCUT2D eigenvalue weighted by Crippen LogP contribution is 2.25. The van der Waals surface area contributed by atoms with Crippen LogP contribution in [0.1, 0.15) is 26.7 Å². The van der Waals surface area contributed by atoms with Crippen molar-refractivity contribution in [2.75, 3.05) is 0 Å². The van der Waals surface area contributed by atoms with Crippen LogP contribution in [-0.4, -0.2) is 17.0 Å². The van der Waals surface area contributed by atoms with Gasteiger partial charge in [-0.25, -0.2) is 0 Å². The molecule has 0 spiro atoms. The molecule has 1 N–H and O–H groups in total. The van der Waals surface area contributed by atoms with Crippen LogP contribution in [0.15, 0.2) is 23.3 Å². The van der Waals surface area contributed by atoms with E-state index in [4.69, 9.17) is 0 Å². The molecule has 2 nitrogen and oxygen atoms in total. The van der Waals surface area contributed by atoms with Crippen molar-refractivity contribution < 1.29 is 9.90 Å². The second-order valence-electron chi connectivity index (χ2n) is 3.08. The molecule has 0 bridgehead atoms. The molecule has 0 aromatic rings. The molecule has 0 saturated carbocycles. The number of hydrogen-bond donors (Lipinski definition) is 1. The number of carbonyl (C=O) groups excluding carboxylic acids is 1. The number of aliphatic hydroxyl groups excluding tert-OH is 1. The Hall–Kier alpha value is -0.890. The summed E-state index contributed by atoms with van der Waals surface area (Å²) in [4.78, 5) is 11.2. The van der Waals surface area contributed by atoms with Crippen LogP contribution >= 0.6 is 0 Å². The first-order valence-electron chi connectivity index (χ1n) is 4.19. The standard InChI is InChI=1S/C10H14O2/c1-3-4-5-8-7(2)9(11)6-10(8)12/h3-4,9,11H,5-6H2,1-2H3. The largest absolute Gasteiger partial charge is 0.388 e. The Bertz CT molecular complexity index is 249. The lowest BCUT2D eigenvalue weighted by Crippen LogP contribution is -2.03. The first-order chi connectivity index (χ1) is 5.66. The average Bonchev–Trinajstić information content (AvgIpc) is 2.25. The van der Waals surface area contributed by atoms with Crippen LogP contribution in [0, 0.1) is 0 Å². The zero-order chi connectivity index (χ0) is 9.14. The third-order valence-corrected chi connectivity index (χ3v) is 2.25. The van der Waals surface area contributed by atoms with Crippen LogP contribution in [0.3, 0.4) is 0 Å². The average molecular weight is 166 g/mol. The Labute approximate surface area is 72.6 Å². The van der Waals surface area contributed by atoms with Gasteiger partial charge in [-0.1, -0.05) is 12.2 Å². The molecule has 0 amide bonds. The second-order valence-corrected chi connectivity index (χ2v) is 3.08. The number of carbonyl (C=O) groups is 1. The molecule has 0 aliphatic heterocycles. The van der Waals surface area contributed by atoms with Gasteiger partial charge in [-0.2, -0.15) is 0 Å². The molecule has 1 aliphatic carbocycles. The van der Waals surface area contributed by atoms with Gasteiger partial charge in [0.05, 0.1) is 6.10 Å². The quantitative estimate of drug-likeness (QED) is 0.633. The number of Topliss-reactive ketones (excluding diaryl/α,β-unsaturated/α-hetero) is 1. The fourth-order valence-corrected chi connectivity index (χ4v) is 1.38. The first kappa shape index (κ1) is 9.20. The predicted molar refractivity (Wildman–Crippen MR) is 47.8 cm³/mol. The highest BCUT2D eigenvalue weighted by atomic mass is 16.3. The maximum Gasteiger partial charge on any atom is 0.162 e. The zero-order valence-electron chi connectivity index (χ0n) is 7.50. The van der Waals surface area contributed by atoms with Crippen LogP contribution in [0.4, 0.5) is 0 Å². The van der Waals surface area contributed by atoms with Crippen LogP contribution in [0.5, 0.6) is 0 Å². The molecule has 0 saturated heterocycles. The summed E-state index contributed by atoms with van der Waals surface area (Å²) in [5.41, 5.74) is 1.64. The van der Waals surface area contributed by atoms with Gasteiger partial charge in [0.25, 0.3) is 0 Å². The molecular weight excluding hydrogens is 152 g/mol. The number of ketones is 1. The van der Waals surface area contributed by atoms with E-state index in [2.05, 4.69) is 0 Å². The maximum absolute atomic E-state index is 11.2. The highest BCUT2D eigenvalue weighted by molar-refractivity contribution is 5.99. The summed E-state index contributed by atoms with van der Waals surface area (Å²) in [6.07, 6.45) is 4.27. The van der Waals surface area contributed by atoms with Crippen LogP contribution in [0.25, 0.3) is 0 Å². The number of aliphatic hydroxyl groups is 1. The zero-order valence-corrected chi connectivity index (χ0v) is 7.50. The smallest absolute Gasteiger partial charge is 0.162 e. The molecule has 0 radical (unpaired) electrons. The van der Waals surface area contributed by atoms with E-state index in [9.17, 15) is 9.90 Å². The molecule has 1 atom stereocenters. The Kier molecular flexibility index (Phi) is 2.82. The molecule has 1 aliphatic rings. The van der Waals surface area contributed by atoms with Crippen LogP contribution < -0.4 is 0 Å². The Morgan fingerprint density at radius 3 is 2.75 bits per heavy atom. The van der Waals surface area contributed by atoms with Crippen LogP contribution in [0.2, 0.25) is 0 Å². The summed E-state index contributed by atoms with van der Waals surface area (Å²) in [6, 6.07) is 0. The van der Waals surface area contributed by atoms with Crippen molar-refractivity contribution >= 4 is 5.78 Å². The van der Waals surface area contributed by atoms with E-state index in [1.807, 2.05) is 26.0 Å². The summed E-state index contributed by atoms with van der Waals surface area (Å²) >= 11 is 0. The fraction of sp³-hybridized carbons (Fsp3) is 0.500. The molecule has 12 heavy (non-hydrogen) atoms. The van der Waals surface area contributed by atoms with E-state index in [1.165, 1.54) is 0 Å². The molecule has 66 valence electrons. The first-order valence-corrected chi connectivity index (χ1v) is 4.19. The van der Waals surface area contributed by atoms with Crippen molar-refractivity contribution in [2.45, 2.75) is 32.8 Å². The molecule has 0 fully saturated rings. The van der Waals surface area contributed by atoms with E-state index in [1.54, 1.807) is 0 Å². The van der Waals surface area contributed by atoms with Gasteiger partial charge in [0.1, 0.15) is 0 Å². The SMILES string of the molecule is CC=CCC1=C(C)C(O)CC1=O. The number of allylic oxidation sites excluding steroid dienone is 3. The van der Waals surface area contributed by atoms with Crippen LogP contribution in [-0.2, 0) is 4.79 Å². The van der Waals surface area contributed by atoms with Gasteiger partial charge in [0.15, 0.2) is 5.78 Å². The monoisotopic (exact) mass is 166 g/mol. The van der Waals surface area contributed by atoms with E-state index < -0.39 is 6.10 Å². The predicted octanol–water partition coefficient (Wildman–Crippen LogP) is 1.60. The number of hydrogen-bond acceptors (Lipinski definition) is 2. The maximum atomic E-state index is 11.2. The minimum Gasteiger partial charge on any atom is -0.388 e. The Morgan fingerprint density at radius 1 is 1.67 bits per heavy atom. The van der Waals surface area contributed by atoms with Crippen molar-refractivity contribution in [2.24, 2.45) is 0 Å². The van der Waals surface area contributed by atoms with Crippen molar-refractivity contribution in [1.29, 1.82) is 0 Å². The molecule has 2 heteroatoms. The van der Waals surface area contributed by atoms with E-state index in [0.717, 1.165) is 11.1 Å². The van der Waals surface area contributed by atoms with Gasteiger partial charge in [-0.05, 0) is 25.8 Å². The van der Waals surface area contributed by atoms with Gasteiger partial charge < -0.3 is 5.11 Å². The lowest BCUT2D eigenvalue weighted by atomic mass is 10.1. The van der Waals surface area contributed by atoms with Crippen molar-refractivity contribution in [3.05, 3.63) is 23.3 Å². The molecule has 0 aromatic carbocycles. The topological polar surface area (TPSA) is 37.3 Å². The van der Waals surface area contributed by atoms with Gasteiger partial charge in [-0.15, -0.1) is 0 Å². The molecule has 0 aromatic heterocycles. The normalized spacial score (nSPS) is 24.6. The molecule has 0 heterocycles. The summed E-state index contributed by atoms with van der Waals surface area (Å²) in [5.74, 6) is 0.0955. The minimum atomic E-state index is -0.530. The summed E-state index contributed by atoms with van der Waals surface area (Å²) in [5, 5.41) is 9.34. The minimum absolute atomic E-state index is 0.0955. The van der Waals surface area contributed by atoms with E-state index in [0.29, 0.717) is 6.42 Å². The summed E-state index contributed by atoms with van der Waals surface area (Å²) in [7, 11) is 0. The number of rotatable bonds is 2. The van der Waals surface area contributed by atoms with Crippen molar-refractivity contribution in [1.82, 2.24) is 0 Å². The fourth-order valence-electron chi connectivity index (χ4n) is 1.38. The van der Waals surface area contributed by atoms with E-state index in [-0.39, 0.29) is 12.2 Å². The van der Waals surface area contributed by atoms with Gasteiger partial charge in [0, 0.05) is 12.0 Å². The van der Waals surface area contributed by atoms with Crippen molar-refractivity contribution in [3.8, 4) is 0 Å². The highest BCUT2D eigenvalue weighted by Gasteiger charge is 2.26. The Balaban J connectivity index is 2.78. The van der Waals surface area contributed by atoms with Gasteiger partial charge in [-0.3, -0.25) is 4.79 Å². The lowest BCUT2D eigenvalue weighted by Gasteiger charge is -1.99. The van der Waals surface area contributed by atoms with Crippen molar-refractivity contribution in [3.63, 3.8) is 0 Å². The Morgan fingerprint density at radius 2 is 2.33 bits per heavy atom. The van der Waals surface area contributed by atoms with E-state index >= 15 is 0 Å². The lowest BCUT2D eigenvalue weighted by molar-refractivity contribution is -0.115. The second kappa shape index (κ2) is 3.68. The molecular formula is C10H14O2.